The van der Waals surface area contributed by atoms with E-state index >= 15 is 0 Å². The molecule has 2 rings (SSSR count). The number of hydrogen-bond acceptors (Lipinski definition) is 5. The van der Waals surface area contributed by atoms with E-state index in [0.717, 1.165) is 5.56 Å². The minimum Gasteiger partial charge on any atom is -0.508 e. The first-order chi connectivity index (χ1) is 10.9. The summed E-state index contributed by atoms with van der Waals surface area (Å²) in [5, 5.41) is 18.7. The molecule has 2 N–H and O–H groups in total. The molecule has 0 saturated carbocycles. The van der Waals surface area contributed by atoms with E-state index in [1.807, 2.05) is 0 Å². The zero-order chi connectivity index (χ0) is 17.0. The van der Waals surface area contributed by atoms with Crippen LogP contribution in [0.1, 0.15) is 18.9 Å². The molecule has 1 amide bonds. The summed E-state index contributed by atoms with van der Waals surface area (Å²) in [6.07, 6.45) is 0.466. The second kappa shape index (κ2) is 7.50. The average Bonchev–Trinajstić information content (AvgIpc) is 2.85. The molecule has 1 heterocycles. The quantitative estimate of drug-likeness (QED) is 0.817. The van der Waals surface area contributed by atoms with Gasteiger partial charge < -0.3 is 15.1 Å². The third-order valence-electron chi connectivity index (χ3n) is 3.79. The first kappa shape index (κ1) is 17.3. The average molecular weight is 337 g/mol. The predicted molar refractivity (Wildman–Crippen MR) is 86.2 cm³/mol. The maximum atomic E-state index is 12.1. The predicted octanol–water partition coefficient (Wildman–Crippen LogP) is 1.52. The third kappa shape index (κ3) is 4.72. The maximum Gasteiger partial charge on any atom is 0.326 e. The van der Waals surface area contributed by atoms with Crippen molar-refractivity contribution in [2.24, 2.45) is 5.92 Å². The highest BCUT2D eigenvalue weighted by molar-refractivity contribution is 8.13. The lowest BCUT2D eigenvalue weighted by atomic mass is 10.0. The Morgan fingerprint density at radius 2 is 2.00 bits per heavy atom. The minimum absolute atomic E-state index is 0.00179. The SMILES string of the molecule is CC(=O)SCC1CC(=O)N(C(Cc2ccc(O)cc2)C(=O)O)C1. The van der Waals surface area contributed by atoms with Gasteiger partial charge in [0.1, 0.15) is 11.8 Å². The van der Waals surface area contributed by atoms with Crippen molar-refractivity contribution in [3.8, 4) is 5.75 Å². The summed E-state index contributed by atoms with van der Waals surface area (Å²) < 4.78 is 0. The van der Waals surface area contributed by atoms with Crippen LogP contribution >= 0.6 is 11.8 Å². The van der Waals surface area contributed by atoms with Gasteiger partial charge >= 0.3 is 5.97 Å². The van der Waals surface area contributed by atoms with Crippen LogP contribution in [0.2, 0.25) is 0 Å². The maximum absolute atomic E-state index is 12.1. The first-order valence-corrected chi connectivity index (χ1v) is 8.29. The summed E-state index contributed by atoms with van der Waals surface area (Å²) in [5.41, 5.74) is 0.740. The van der Waals surface area contributed by atoms with Crippen molar-refractivity contribution in [2.45, 2.75) is 25.8 Å². The smallest absolute Gasteiger partial charge is 0.326 e. The van der Waals surface area contributed by atoms with Crippen LogP contribution in [0.25, 0.3) is 0 Å². The molecule has 1 aliphatic rings. The Morgan fingerprint density at radius 3 is 2.57 bits per heavy atom. The monoisotopic (exact) mass is 337 g/mol. The molecule has 1 aliphatic heterocycles. The molecule has 0 radical (unpaired) electrons. The fraction of sp³-hybridized carbons (Fsp3) is 0.438. The van der Waals surface area contributed by atoms with Crippen molar-refractivity contribution in [1.82, 2.24) is 4.90 Å². The van der Waals surface area contributed by atoms with E-state index in [9.17, 15) is 24.6 Å². The molecule has 1 aromatic rings. The fourth-order valence-electron chi connectivity index (χ4n) is 2.64. The number of phenols is 1. The lowest BCUT2D eigenvalue weighted by molar-refractivity contribution is -0.148. The number of aliphatic carboxylic acids is 1. The number of benzene rings is 1. The Balaban J connectivity index is 2.05. The molecule has 23 heavy (non-hydrogen) atoms. The number of hydrogen-bond donors (Lipinski definition) is 2. The Kier molecular flexibility index (Phi) is 5.65. The van der Waals surface area contributed by atoms with Crippen LogP contribution in [-0.2, 0) is 20.8 Å². The number of likely N-dealkylation sites (tertiary alicyclic amines) is 1. The molecule has 0 spiro atoms. The molecule has 2 unspecified atom stereocenters. The summed E-state index contributed by atoms with van der Waals surface area (Å²) in [6, 6.07) is 5.35. The van der Waals surface area contributed by atoms with Gasteiger partial charge in [0.15, 0.2) is 5.12 Å². The number of aromatic hydroxyl groups is 1. The van der Waals surface area contributed by atoms with Crippen molar-refractivity contribution >= 4 is 28.8 Å². The van der Waals surface area contributed by atoms with E-state index < -0.39 is 12.0 Å². The van der Waals surface area contributed by atoms with Crippen molar-refractivity contribution in [3.05, 3.63) is 29.8 Å². The van der Waals surface area contributed by atoms with E-state index in [1.165, 1.54) is 35.7 Å². The van der Waals surface area contributed by atoms with Gasteiger partial charge in [-0.2, -0.15) is 0 Å². The first-order valence-electron chi connectivity index (χ1n) is 7.30. The summed E-state index contributed by atoms with van der Waals surface area (Å²) >= 11 is 1.17. The fourth-order valence-corrected chi connectivity index (χ4v) is 3.34. The molecular formula is C16H19NO5S. The molecule has 124 valence electrons. The van der Waals surface area contributed by atoms with Gasteiger partial charge in [0.2, 0.25) is 5.91 Å². The summed E-state index contributed by atoms with van der Waals surface area (Å²) in [7, 11) is 0. The van der Waals surface area contributed by atoms with Crippen LogP contribution in [0.5, 0.6) is 5.75 Å². The van der Waals surface area contributed by atoms with E-state index in [4.69, 9.17) is 0 Å². The molecule has 0 aliphatic carbocycles. The Hall–Kier alpha value is -2.02. The second-order valence-corrected chi connectivity index (χ2v) is 6.84. The van der Waals surface area contributed by atoms with Crippen LogP contribution in [0.15, 0.2) is 24.3 Å². The highest BCUT2D eigenvalue weighted by atomic mass is 32.2. The van der Waals surface area contributed by atoms with Gasteiger partial charge in [-0.1, -0.05) is 23.9 Å². The van der Waals surface area contributed by atoms with E-state index in [2.05, 4.69) is 0 Å². The topological polar surface area (TPSA) is 94.9 Å². The van der Waals surface area contributed by atoms with Crippen LogP contribution in [0, 0.1) is 5.92 Å². The molecule has 7 heteroatoms. The number of phenolic OH excluding ortho intramolecular Hbond substituents is 1. The van der Waals surface area contributed by atoms with Crippen molar-refractivity contribution < 1.29 is 24.6 Å². The molecule has 1 fully saturated rings. The summed E-state index contributed by atoms with van der Waals surface area (Å²) in [6.45, 7) is 1.83. The Morgan fingerprint density at radius 1 is 1.35 bits per heavy atom. The molecule has 0 bridgehead atoms. The molecule has 2 atom stereocenters. The second-order valence-electron chi connectivity index (χ2n) is 5.64. The van der Waals surface area contributed by atoms with Crippen molar-refractivity contribution in [2.75, 3.05) is 12.3 Å². The molecule has 1 aromatic carbocycles. The van der Waals surface area contributed by atoms with Crippen molar-refractivity contribution in [1.29, 1.82) is 0 Å². The number of amides is 1. The Labute approximate surface area is 138 Å². The van der Waals surface area contributed by atoms with Crippen molar-refractivity contribution in [3.63, 3.8) is 0 Å². The normalized spacial score (nSPS) is 18.9. The Bertz CT molecular complexity index is 601. The number of carboxylic acid groups (broad SMARTS) is 1. The van der Waals surface area contributed by atoms with Crippen LogP contribution in [0.4, 0.5) is 0 Å². The minimum atomic E-state index is -1.05. The number of carbonyl (C=O) groups excluding carboxylic acids is 2. The van der Waals surface area contributed by atoms with Crippen LogP contribution in [-0.4, -0.2) is 50.4 Å². The molecule has 0 aromatic heterocycles. The van der Waals surface area contributed by atoms with Gasteiger partial charge in [0.05, 0.1) is 0 Å². The molecular weight excluding hydrogens is 318 g/mol. The zero-order valence-electron chi connectivity index (χ0n) is 12.8. The highest BCUT2D eigenvalue weighted by Crippen LogP contribution is 2.25. The number of rotatable bonds is 6. The zero-order valence-corrected chi connectivity index (χ0v) is 13.6. The number of carboxylic acids is 1. The van der Waals surface area contributed by atoms with Gasteiger partial charge in [0.25, 0.3) is 0 Å². The number of thioether (sulfide) groups is 1. The van der Waals surface area contributed by atoms with E-state index in [-0.39, 0.29) is 35.5 Å². The van der Waals surface area contributed by atoms with Gasteiger partial charge in [-0.15, -0.1) is 0 Å². The largest absolute Gasteiger partial charge is 0.508 e. The lowest BCUT2D eigenvalue weighted by Crippen LogP contribution is -2.43. The van der Waals surface area contributed by atoms with Gasteiger partial charge in [-0.25, -0.2) is 4.79 Å². The third-order valence-corrected chi connectivity index (χ3v) is 4.83. The van der Waals surface area contributed by atoms with E-state index in [1.54, 1.807) is 12.1 Å². The lowest BCUT2D eigenvalue weighted by Gasteiger charge is -2.25. The van der Waals surface area contributed by atoms with Crippen LogP contribution in [0.3, 0.4) is 0 Å². The number of carbonyl (C=O) groups is 3. The van der Waals surface area contributed by atoms with Gasteiger partial charge in [-0.3, -0.25) is 9.59 Å². The summed E-state index contributed by atoms with van der Waals surface area (Å²) in [4.78, 5) is 36.1. The van der Waals surface area contributed by atoms with Crippen LogP contribution < -0.4 is 0 Å². The molecule has 6 nitrogen and oxygen atoms in total. The number of nitrogens with zero attached hydrogens (tertiary/aromatic N) is 1. The van der Waals surface area contributed by atoms with Gasteiger partial charge in [-0.05, 0) is 23.6 Å². The molecule has 1 saturated heterocycles. The standard InChI is InChI=1S/C16H19NO5S/c1-10(18)23-9-12-7-15(20)17(8-12)14(16(21)22)6-11-2-4-13(19)5-3-11/h2-5,12,14,19H,6-9H2,1H3,(H,21,22). The highest BCUT2D eigenvalue weighted by Gasteiger charge is 2.37. The summed E-state index contributed by atoms with van der Waals surface area (Å²) in [5.74, 6) is -0.600. The van der Waals surface area contributed by atoms with Gasteiger partial charge in [0, 0.05) is 32.1 Å². The van der Waals surface area contributed by atoms with E-state index in [0.29, 0.717) is 12.3 Å².